The lowest BCUT2D eigenvalue weighted by molar-refractivity contribution is 0.0769. The number of aliphatic hydroxyl groups is 1. The first-order valence-corrected chi connectivity index (χ1v) is 6.68. The van der Waals surface area contributed by atoms with Crippen LogP contribution < -0.4 is 5.73 Å². The van der Waals surface area contributed by atoms with Crippen molar-refractivity contribution in [1.82, 2.24) is 4.90 Å². The minimum absolute atomic E-state index is 0.0681. The van der Waals surface area contributed by atoms with Crippen LogP contribution in [0.4, 0.5) is 0 Å². The van der Waals surface area contributed by atoms with Gasteiger partial charge in [0, 0.05) is 24.7 Å². The first-order valence-electron chi connectivity index (χ1n) is 6.68. The van der Waals surface area contributed by atoms with Gasteiger partial charge in [-0.05, 0) is 38.0 Å². The Kier molecular flexibility index (Phi) is 6.23. The van der Waals surface area contributed by atoms with E-state index in [9.17, 15) is 9.90 Å². The maximum atomic E-state index is 12.3. The van der Waals surface area contributed by atoms with E-state index >= 15 is 0 Å². The van der Waals surface area contributed by atoms with E-state index in [1.165, 1.54) is 0 Å². The van der Waals surface area contributed by atoms with Crippen LogP contribution in [0.3, 0.4) is 0 Å². The molecule has 1 aromatic rings. The fraction of sp³-hybridized carbons (Fsp3) is 0.438. The molecule has 0 fully saturated rings. The Morgan fingerprint density at radius 3 is 2.80 bits per heavy atom. The van der Waals surface area contributed by atoms with Crippen LogP contribution in [0.1, 0.15) is 34.8 Å². The zero-order chi connectivity index (χ0) is 15.1. The number of hydrogen-bond acceptors (Lipinski definition) is 3. The zero-order valence-electron chi connectivity index (χ0n) is 12.3. The second-order valence-corrected chi connectivity index (χ2v) is 4.90. The van der Waals surface area contributed by atoms with Gasteiger partial charge in [-0.1, -0.05) is 17.9 Å². The monoisotopic (exact) mass is 274 g/mol. The van der Waals surface area contributed by atoms with Crippen molar-refractivity contribution in [3.63, 3.8) is 0 Å². The highest BCUT2D eigenvalue weighted by molar-refractivity contribution is 5.94. The first-order chi connectivity index (χ1) is 9.45. The first kappa shape index (κ1) is 16.2. The molecular formula is C16H22N2O2. The van der Waals surface area contributed by atoms with Crippen molar-refractivity contribution in [3.8, 4) is 11.8 Å². The largest absolute Gasteiger partial charge is 0.393 e. The fourth-order valence-electron chi connectivity index (χ4n) is 1.74. The van der Waals surface area contributed by atoms with Gasteiger partial charge in [0.25, 0.3) is 5.91 Å². The number of aryl methyl sites for hydroxylation is 1. The van der Waals surface area contributed by atoms with Gasteiger partial charge in [0.15, 0.2) is 0 Å². The van der Waals surface area contributed by atoms with E-state index in [1.807, 2.05) is 13.0 Å². The third-order valence-corrected chi connectivity index (χ3v) is 3.04. The number of hydrogen-bond donors (Lipinski definition) is 2. The molecule has 1 unspecified atom stereocenters. The molecule has 20 heavy (non-hydrogen) atoms. The summed E-state index contributed by atoms with van der Waals surface area (Å²) in [6.07, 6.45) is 0.155. The number of nitrogens with two attached hydrogens (primary N) is 1. The Morgan fingerprint density at radius 2 is 2.20 bits per heavy atom. The summed E-state index contributed by atoms with van der Waals surface area (Å²) in [5, 5.41) is 9.26. The van der Waals surface area contributed by atoms with Gasteiger partial charge < -0.3 is 15.7 Å². The van der Waals surface area contributed by atoms with Gasteiger partial charge in [-0.15, -0.1) is 0 Å². The van der Waals surface area contributed by atoms with Crippen LogP contribution in [-0.4, -0.2) is 42.2 Å². The van der Waals surface area contributed by atoms with Gasteiger partial charge in [0.1, 0.15) is 0 Å². The molecule has 0 spiro atoms. The number of aliphatic hydroxyl groups excluding tert-OH is 1. The lowest BCUT2D eigenvalue weighted by atomic mass is 10.0. The van der Waals surface area contributed by atoms with Crippen molar-refractivity contribution < 1.29 is 9.90 Å². The minimum atomic E-state index is -0.408. The summed E-state index contributed by atoms with van der Waals surface area (Å²) < 4.78 is 0. The number of rotatable bonds is 4. The van der Waals surface area contributed by atoms with E-state index < -0.39 is 6.10 Å². The van der Waals surface area contributed by atoms with Crippen molar-refractivity contribution in [1.29, 1.82) is 0 Å². The van der Waals surface area contributed by atoms with Gasteiger partial charge in [0.05, 0.1) is 12.6 Å². The minimum Gasteiger partial charge on any atom is -0.393 e. The standard InChI is InChI=1S/C16H22N2O2/c1-12-6-7-15(11-14(12)5-4-9-17)16(20)18(3)10-8-13(2)19/h6-7,11,13,19H,8-10,17H2,1-3H3. The van der Waals surface area contributed by atoms with Crippen LogP contribution in [0.15, 0.2) is 18.2 Å². The second kappa shape index (κ2) is 7.68. The van der Waals surface area contributed by atoms with Gasteiger partial charge in [-0.3, -0.25) is 4.79 Å². The van der Waals surface area contributed by atoms with Crippen molar-refractivity contribution >= 4 is 5.91 Å². The molecule has 0 saturated heterocycles. The Morgan fingerprint density at radius 1 is 1.50 bits per heavy atom. The van der Waals surface area contributed by atoms with E-state index in [2.05, 4.69) is 11.8 Å². The molecule has 4 nitrogen and oxygen atoms in total. The van der Waals surface area contributed by atoms with Crippen molar-refractivity contribution in [2.45, 2.75) is 26.4 Å². The van der Waals surface area contributed by atoms with E-state index in [0.717, 1.165) is 11.1 Å². The molecule has 1 rings (SSSR count). The highest BCUT2D eigenvalue weighted by atomic mass is 16.3. The molecule has 4 heteroatoms. The number of amides is 1. The Balaban J connectivity index is 2.88. The quantitative estimate of drug-likeness (QED) is 0.809. The van der Waals surface area contributed by atoms with Crippen LogP contribution >= 0.6 is 0 Å². The summed E-state index contributed by atoms with van der Waals surface area (Å²) >= 11 is 0. The lowest BCUT2D eigenvalue weighted by Gasteiger charge is -2.18. The highest BCUT2D eigenvalue weighted by Crippen LogP contribution is 2.12. The van der Waals surface area contributed by atoms with Gasteiger partial charge in [-0.25, -0.2) is 0 Å². The third kappa shape index (κ3) is 4.69. The molecule has 1 amide bonds. The molecule has 0 radical (unpaired) electrons. The van der Waals surface area contributed by atoms with Crippen LogP contribution in [0.25, 0.3) is 0 Å². The molecular weight excluding hydrogens is 252 g/mol. The van der Waals surface area contributed by atoms with Gasteiger partial charge in [0.2, 0.25) is 0 Å². The molecule has 3 N–H and O–H groups in total. The molecule has 0 aliphatic rings. The van der Waals surface area contributed by atoms with E-state index in [0.29, 0.717) is 25.1 Å². The maximum Gasteiger partial charge on any atom is 0.253 e. The molecule has 1 atom stereocenters. The number of carbonyl (C=O) groups excluding carboxylic acids is 1. The molecule has 0 aliphatic heterocycles. The Labute approximate surface area is 120 Å². The zero-order valence-corrected chi connectivity index (χ0v) is 12.3. The van der Waals surface area contributed by atoms with Crippen LogP contribution in [-0.2, 0) is 0 Å². The topological polar surface area (TPSA) is 66.6 Å². The predicted octanol–water partition coefficient (Wildman–Crippen LogP) is 1.15. The normalized spacial score (nSPS) is 11.4. The lowest BCUT2D eigenvalue weighted by Crippen LogP contribution is -2.29. The van der Waals surface area contributed by atoms with Crippen molar-refractivity contribution in [3.05, 3.63) is 34.9 Å². The van der Waals surface area contributed by atoms with E-state index in [1.54, 1.807) is 31.0 Å². The third-order valence-electron chi connectivity index (χ3n) is 3.04. The van der Waals surface area contributed by atoms with Crippen LogP contribution in [0.2, 0.25) is 0 Å². The molecule has 0 aliphatic carbocycles. The molecule has 108 valence electrons. The summed E-state index contributed by atoms with van der Waals surface area (Å²) in [7, 11) is 1.73. The maximum absolute atomic E-state index is 12.3. The smallest absolute Gasteiger partial charge is 0.253 e. The van der Waals surface area contributed by atoms with Crippen LogP contribution in [0, 0.1) is 18.8 Å². The van der Waals surface area contributed by atoms with E-state index in [-0.39, 0.29) is 5.91 Å². The number of benzene rings is 1. The SMILES string of the molecule is Cc1ccc(C(=O)N(C)CCC(C)O)cc1C#CCN. The highest BCUT2D eigenvalue weighted by Gasteiger charge is 2.13. The van der Waals surface area contributed by atoms with Crippen molar-refractivity contribution in [2.24, 2.45) is 5.73 Å². The summed E-state index contributed by atoms with van der Waals surface area (Å²) in [6.45, 7) is 4.48. The molecule has 0 aromatic heterocycles. The molecule has 0 saturated carbocycles. The summed E-state index contributed by atoms with van der Waals surface area (Å²) in [5.74, 6) is 5.70. The summed E-state index contributed by atoms with van der Waals surface area (Å²) in [4.78, 5) is 13.9. The Hall–Kier alpha value is -1.83. The second-order valence-electron chi connectivity index (χ2n) is 4.90. The number of nitrogens with zero attached hydrogens (tertiary/aromatic N) is 1. The predicted molar refractivity (Wildman–Crippen MR) is 80.4 cm³/mol. The van der Waals surface area contributed by atoms with Gasteiger partial charge in [-0.2, -0.15) is 0 Å². The van der Waals surface area contributed by atoms with Crippen molar-refractivity contribution in [2.75, 3.05) is 20.1 Å². The average molecular weight is 274 g/mol. The molecule has 1 aromatic carbocycles. The molecule has 0 heterocycles. The average Bonchev–Trinajstić information content (AvgIpc) is 2.43. The summed E-state index contributed by atoms with van der Waals surface area (Å²) in [6, 6.07) is 5.47. The fourth-order valence-corrected chi connectivity index (χ4v) is 1.74. The van der Waals surface area contributed by atoms with Gasteiger partial charge >= 0.3 is 0 Å². The summed E-state index contributed by atoms with van der Waals surface area (Å²) in [5.41, 5.74) is 7.82. The number of carbonyl (C=O) groups is 1. The van der Waals surface area contributed by atoms with E-state index in [4.69, 9.17) is 5.73 Å². The van der Waals surface area contributed by atoms with Crippen LogP contribution in [0.5, 0.6) is 0 Å². The molecule has 0 bridgehead atoms. The Bertz CT molecular complexity index is 527.